The molecule has 0 spiro atoms. The molecule has 0 saturated carbocycles. The molecule has 300 valence electrons. The number of fused-ring (bicyclic) bond motifs is 2. The van der Waals surface area contributed by atoms with Crippen molar-refractivity contribution in [1.29, 1.82) is 5.26 Å². The van der Waals surface area contributed by atoms with Crippen LogP contribution in [0.3, 0.4) is 0 Å². The maximum absolute atomic E-state index is 13.4. The summed E-state index contributed by atoms with van der Waals surface area (Å²) in [4.78, 5) is 73.5. The lowest BCUT2D eigenvalue weighted by Crippen LogP contribution is -2.54. The van der Waals surface area contributed by atoms with Crippen LogP contribution in [0.2, 0.25) is 10.0 Å². The third kappa shape index (κ3) is 8.08. The van der Waals surface area contributed by atoms with Crippen LogP contribution < -0.4 is 24.8 Å². The zero-order valence-electron chi connectivity index (χ0n) is 31.7. The number of anilines is 2. The molecule has 4 aromatic rings. The summed E-state index contributed by atoms with van der Waals surface area (Å²) in [6, 6.07) is 12.8. The highest BCUT2D eigenvalue weighted by molar-refractivity contribution is 6.37. The van der Waals surface area contributed by atoms with Gasteiger partial charge in [-0.25, -0.2) is 0 Å². The van der Waals surface area contributed by atoms with Gasteiger partial charge in [-0.3, -0.25) is 44.1 Å². The van der Waals surface area contributed by atoms with Crippen LogP contribution in [-0.2, 0) is 20.8 Å². The van der Waals surface area contributed by atoms with Crippen LogP contribution in [0.5, 0.6) is 17.2 Å². The Labute approximate surface area is 343 Å². The van der Waals surface area contributed by atoms with E-state index in [0.717, 1.165) is 11.4 Å². The molecule has 2 fully saturated rings. The Morgan fingerprint density at radius 1 is 0.983 bits per heavy atom. The van der Waals surface area contributed by atoms with Gasteiger partial charge in [0.25, 0.3) is 11.8 Å². The van der Waals surface area contributed by atoms with Crippen LogP contribution in [0.15, 0.2) is 48.7 Å². The number of aryl methyl sites for hydroxylation is 1. The first-order valence-corrected chi connectivity index (χ1v) is 19.4. The van der Waals surface area contributed by atoms with Crippen molar-refractivity contribution in [3.63, 3.8) is 0 Å². The number of halogens is 2. The minimum Gasteiger partial charge on any atom is -0.495 e. The number of carbonyl (C=O) groups is 5. The first-order chi connectivity index (χ1) is 28.0. The molecule has 3 aromatic carbocycles. The van der Waals surface area contributed by atoms with Gasteiger partial charge < -0.3 is 24.4 Å². The highest BCUT2D eigenvalue weighted by Crippen LogP contribution is 2.40. The van der Waals surface area contributed by atoms with E-state index >= 15 is 0 Å². The number of aromatic nitrogens is 1. The molecular weight excluding hydrogens is 789 g/mol. The van der Waals surface area contributed by atoms with Crippen LogP contribution in [-0.4, -0.2) is 109 Å². The monoisotopic (exact) mass is 827 g/mol. The summed E-state index contributed by atoms with van der Waals surface area (Å²) in [6.45, 7) is 3.61. The van der Waals surface area contributed by atoms with Gasteiger partial charge in [0.15, 0.2) is 11.5 Å². The fraction of sp³-hybridized carbons (Fsp3) is 0.341. The molecular formula is C41H39Cl2N7O8. The molecule has 1 aromatic heterocycles. The second-order valence-electron chi connectivity index (χ2n) is 14.0. The average Bonchev–Trinajstić information content (AvgIpc) is 3.48. The van der Waals surface area contributed by atoms with Crippen LogP contribution in [0.4, 0.5) is 11.4 Å². The van der Waals surface area contributed by atoms with Gasteiger partial charge in [0, 0.05) is 69.3 Å². The van der Waals surface area contributed by atoms with Gasteiger partial charge in [-0.2, -0.15) is 5.26 Å². The smallest absolute Gasteiger partial charge is 0.262 e. The van der Waals surface area contributed by atoms with Gasteiger partial charge in [0.05, 0.1) is 64.5 Å². The molecule has 0 radical (unpaired) electrons. The number of nitriles is 1. The van der Waals surface area contributed by atoms with Crippen molar-refractivity contribution >= 4 is 75.0 Å². The van der Waals surface area contributed by atoms with E-state index in [0.29, 0.717) is 99.9 Å². The van der Waals surface area contributed by atoms with E-state index in [1.54, 1.807) is 42.5 Å². The average molecular weight is 829 g/mol. The van der Waals surface area contributed by atoms with Crippen molar-refractivity contribution in [3.05, 3.63) is 81.0 Å². The number of rotatable bonds is 13. The van der Waals surface area contributed by atoms with Gasteiger partial charge in [0.2, 0.25) is 17.7 Å². The number of hydrogen-bond donors (Lipinski definition) is 2. The topological polar surface area (TPSA) is 183 Å². The number of piperazine rings is 1. The summed E-state index contributed by atoms with van der Waals surface area (Å²) >= 11 is 12.7. The minimum atomic E-state index is -1.05. The van der Waals surface area contributed by atoms with Gasteiger partial charge in [0.1, 0.15) is 17.9 Å². The predicted octanol–water partition coefficient (Wildman–Crippen LogP) is 5.12. The zero-order chi connectivity index (χ0) is 41.1. The van der Waals surface area contributed by atoms with Crippen molar-refractivity contribution in [3.8, 4) is 23.3 Å². The first kappa shape index (κ1) is 40.3. The lowest BCUT2D eigenvalue weighted by Gasteiger charge is -2.34. The highest BCUT2D eigenvalue weighted by atomic mass is 35.5. The van der Waals surface area contributed by atoms with Crippen LogP contribution >= 0.6 is 23.2 Å². The second-order valence-corrected chi connectivity index (χ2v) is 14.8. The fourth-order valence-electron chi connectivity index (χ4n) is 7.49. The number of imide groups is 2. The molecule has 0 aliphatic carbocycles. The third-order valence-electron chi connectivity index (χ3n) is 10.5. The molecule has 2 N–H and O–H groups in total. The molecule has 0 bridgehead atoms. The van der Waals surface area contributed by atoms with Crippen molar-refractivity contribution in [1.82, 2.24) is 25.0 Å². The van der Waals surface area contributed by atoms with Crippen molar-refractivity contribution < 1.29 is 38.2 Å². The van der Waals surface area contributed by atoms with Crippen LogP contribution in [0.25, 0.3) is 10.9 Å². The summed E-state index contributed by atoms with van der Waals surface area (Å²) in [6.07, 6.45) is 2.72. The number of amides is 5. The number of nitrogens with one attached hydrogen (secondary N) is 2. The standard InChI is InChI=1S/C41H39Cl2N7O8/c1-56-32-20-30(27(42)18-28(32)43)46-38-24(21-44)22-45-29-19-34(33(57-2)17-26(29)38)58-16-4-11-48-12-14-49(15-13-48)36(52)10-7-23-5-3-6-25-37(23)41(55)50(40(25)54)31-8-9-35(51)47-39(31)53/h3,5-6,17-20,22,31H,4,7-16H2,1-2H3,(H,45,46)(H,47,51,53). The number of pyridine rings is 1. The Kier molecular flexibility index (Phi) is 12.0. The Morgan fingerprint density at radius 2 is 1.76 bits per heavy atom. The maximum Gasteiger partial charge on any atom is 0.262 e. The van der Waals surface area contributed by atoms with E-state index in [9.17, 15) is 29.2 Å². The summed E-state index contributed by atoms with van der Waals surface area (Å²) in [5.41, 5.74) is 2.82. The maximum atomic E-state index is 13.4. The molecule has 2 saturated heterocycles. The van der Waals surface area contributed by atoms with E-state index < -0.39 is 29.7 Å². The highest BCUT2D eigenvalue weighted by Gasteiger charge is 2.45. The number of carbonyl (C=O) groups excluding carboxylic acids is 5. The molecule has 1 atom stereocenters. The van der Waals surface area contributed by atoms with Crippen LogP contribution in [0, 0.1) is 11.3 Å². The van der Waals surface area contributed by atoms with Gasteiger partial charge in [-0.1, -0.05) is 35.3 Å². The summed E-state index contributed by atoms with van der Waals surface area (Å²) < 4.78 is 17.2. The molecule has 3 aliphatic rings. The summed E-state index contributed by atoms with van der Waals surface area (Å²) in [7, 11) is 3.03. The number of piperidine rings is 1. The first-order valence-electron chi connectivity index (χ1n) is 18.7. The fourth-order valence-corrected chi connectivity index (χ4v) is 8.00. The normalized spacial score (nSPS) is 16.9. The second kappa shape index (κ2) is 17.3. The number of methoxy groups -OCH3 is 2. The SMILES string of the molecule is COc1cc(Nc2c(C#N)cnc3cc(OCCCN4CCN(C(=O)CCc5cccc6c5C(=O)N(C5CCC(=O)NC5=O)C6=O)CC4)c(OC)cc23)c(Cl)cc1Cl. The predicted molar refractivity (Wildman–Crippen MR) is 214 cm³/mol. The molecule has 17 heteroatoms. The van der Waals surface area contributed by atoms with Gasteiger partial charge >= 0.3 is 0 Å². The Morgan fingerprint density at radius 3 is 2.48 bits per heavy atom. The van der Waals surface area contributed by atoms with Crippen molar-refractivity contribution in [2.45, 2.75) is 38.1 Å². The largest absolute Gasteiger partial charge is 0.495 e. The number of hydrogen-bond acceptors (Lipinski definition) is 12. The summed E-state index contributed by atoms with van der Waals surface area (Å²) in [5, 5.41) is 16.6. The molecule has 3 aliphatic heterocycles. The molecule has 4 heterocycles. The Balaban J connectivity index is 0.908. The third-order valence-corrected chi connectivity index (χ3v) is 11.1. The minimum absolute atomic E-state index is 0.0392. The molecule has 15 nitrogen and oxygen atoms in total. The zero-order valence-corrected chi connectivity index (χ0v) is 33.2. The van der Waals surface area contributed by atoms with E-state index in [1.165, 1.54) is 20.4 Å². The van der Waals surface area contributed by atoms with Gasteiger partial charge in [-0.15, -0.1) is 0 Å². The molecule has 5 amide bonds. The number of benzene rings is 3. The Bertz CT molecular complexity index is 2380. The van der Waals surface area contributed by atoms with E-state index in [2.05, 4.69) is 26.6 Å². The Hall–Kier alpha value is -5.95. The van der Waals surface area contributed by atoms with Crippen molar-refractivity contribution in [2.75, 3.05) is 58.9 Å². The van der Waals surface area contributed by atoms with Crippen molar-refractivity contribution in [2.24, 2.45) is 0 Å². The lowest BCUT2D eigenvalue weighted by atomic mass is 9.98. The lowest BCUT2D eigenvalue weighted by molar-refractivity contribution is -0.136. The van der Waals surface area contributed by atoms with E-state index in [1.807, 2.05) is 4.90 Å². The van der Waals surface area contributed by atoms with E-state index in [4.69, 9.17) is 37.4 Å². The quantitative estimate of drug-likeness (QED) is 0.134. The molecule has 7 rings (SSSR count). The van der Waals surface area contributed by atoms with E-state index in [-0.39, 0.29) is 42.7 Å². The molecule has 1 unspecified atom stereocenters. The van der Waals surface area contributed by atoms with Gasteiger partial charge in [-0.05, 0) is 43.0 Å². The molecule has 58 heavy (non-hydrogen) atoms. The summed E-state index contributed by atoms with van der Waals surface area (Å²) in [5.74, 6) is -0.925. The number of nitrogens with zero attached hydrogens (tertiary/aromatic N) is 5. The number of ether oxygens (including phenoxy) is 3. The van der Waals surface area contributed by atoms with Crippen LogP contribution in [0.1, 0.15) is 57.5 Å².